The number of carbonyl (C=O) groups is 4. The molecule has 0 aromatic carbocycles. The van der Waals surface area contributed by atoms with Crippen LogP contribution in [0.4, 0.5) is 4.39 Å². The Bertz CT molecular complexity index is 342. The van der Waals surface area contributed by atoms with Gasteiger partial charge in [0, 0.05) is 0 Å². The smallest absolute Gasteiger partial charge is 0.305 e. The molecule has 0 unspecified atom stereocenters. The van der Waals surface area contributed by atoms with E-state index in [0.29, 0.717) is 0 Å². The van der Waals surface area contributed by atoms with Gasteiger partial charge in [-0.15, -0.1) is 0 Å². The second-order valence-electron chi connectivity index (χ2n) is 3.37. The molecule has 0 rings (SSSR count). The number of carbonyl (C=O) groups excluding carboxylic acids is 3. The van der Waals surface area contributed by atoms with Gasteiger partial charge < -0.3 is 16.2 Å². The molecule has 17 heavy (non-hydrogen) atoms. The van der Waals surface area contributed by atoms with Crippen molar-refractivity contribution in [1.82, 2.24) is 5.32 Å². The van der Waals surface area contributed by atoms with E-state index >= 15 is 0 Å². The standard InChI is InChI=1S/C9H13FN2O5/c1-4(11)9(17)12-5(2-7(14)15)8(16)6(13)3-10/h4-5H,2-3,11H2,1H3,(H,12,17)(H,14,15)/t4-,5-/m0/s1. The lowest BCUT2D eigenvalue weighted by Crippen LogP contribution is -2.50. The van der Waals surface area contributed by atoms with Crippen LogP contribution in [-0.4, -0.2) is 47.3 Å². The molecule has 7 nitrogen and oxygen atoms in total. The number of ketones is 2. The van der Waals surface area contributed by atoms with Gasteiger partial charge >= 0.3 is 5.97 Å². The summed E-state index contributed by atoms with van der Waals surface area (Å²) in [7, 11) is 0. The van der Waals surface area contributed by atoms with Gasteiger partial charge in [-0.1, -0.05) is 0 Å². The number of amides is 1. The summed E-state index contributed by atoms with van der Waals surface area (Å²) < 4.78 is 12.0. The maximum Gasteiger partial charge on any atom is 0.305 e. The van der Waals surface area contributed by atoms with Gasteiger partial charge in [-0.05, 0) is 6.92 Å². The van der Waals surface area contributed by atoms with Crippen LogP contribution in [0.2, 0.25) is 0 Å². The number of carboxylic acids is 1. The van der Waals surface area contributed by atoms with E-state index in [2.05, 4.69) is 0 Å². The molecule has 0 aromatic rings. The monoisotopic (exact) mass is 248 g/mol. The van der Waals surface area contributed by atoms with Crippen molar-refractivity contribution >= 4 is 23.4 Å². The molecule has 0 fully saturated rings. The molecule has 1 amide bonds. The number of nitrogens with two attached hydrogens (primary N) is 1. The van der Waals surface area contributed by atoms with Gasteiger partial charge in [0.1, 0.15) is 6.04 Å². The lowest BCUT2D eigenvalue weighted by Gasteiger charge is -2.15. The largest absolute Gasteiger partial charge is 0.481 e. The average Bonchev–Trinajstić information content (AvgIpc) is 2.25. The highest BCUT2D eigenvalue weighted by atomic mass is 19.1. The van der Waals surface area contributed by atoms with Gasteiger partial charge in [0.25, 0.3) is 0 Å². The Kier molecular flexibility index (Phi) is 5.97. The van der Waals surface area contributed by atoms with Crippen LogP contribution >= 0.6 is 0 Å². The van der Waals surface area contributed by atoms with Gasteiger partial charge in [0.05, 0.1) is 12.5 Å². The Morgan fingerprint density at radius 1 is 1.35 bits per heavy atom. The summed E-state index contributed by atoms with van der Waals surface area (Å²) in [6.45, 7) is -0.225. The van der Waals surface area contributed by atoms with Gasteiger partial charge in [-0.3, -0.25) is 19.2 Å². The molecule has 0 aromatic heterocycles. The van der Waals surface area contributed by atoms with E-state index in [-0.39, 0.29) is 0 Å². The van der Waals surface area contributed by atoms with Crippen LogP contribution in [0, 0.1) is 0 Å². The van der Waals surface area contributed by atoms with E-state index in [4.69, 9.17) is 10.8 Å². The second-order valence-corrected chi connectivity index (χ2v) is 3.37. The topological polar surface area (TPSA) is 127 Å². The van der Waals surface area contributed by atoms with E-state index in [9.17, 15) is 23.6 Å². The molecule has 0 radical (unpaired) electrons. The van der Waals surface area contributed by atoms with Crippen molar-refractivity contribution in [3.63, 3.8) is 0 Å². The minimum atomic E-state index is -1.59. The minimum Gasteiger partial charge on any atom is -0.481 e. The van der Waals surface area contributed by atoms with Gasteiger partial charge in [0.15, 0.2) is 6.67 Å². The third-order valence-corrected chi connectivity index (χ3v) is 1.82. The highest BCUT2D eigenvalue weighted by Gasteiger charge is 2.29. The van der Waals surface area contributed by atoms with Crippen LogP contribution in [0.1, 0.15) is 13.3 Å². The summed E-state index contributed by atoms with van der Waals surface area (Å²) in [5.74, 6) is -4.87. The van der Waals surface area contributed by atoms with Gasteiger partial charge in [-0.2, -0.15) is 0 Å². The first-order valence-corrected chi connectivity index (χ1v) is 4.70. The highest BCUT2D eigenvalue weighted by molar-refractivity contribution is 6.40. The quantitative estimate of drug-likeness (QED) is 0.466. The number of Topliss-reactive ketones (excluding diaryl/α,β-unsaturated/α-hetero) is 2. The Morgan fingerprint density at radius 3 is 2.24 bits per heavy atom. The lowest BCUT2D eigenvalue weighted by atomic mass is 10.1. The molecule has 96 valence electrons. The zero-order valence-corrected chi connectivity index (χ0v) is 9.10. The Hall–Kier alpha value is -1.83. The first-order valence-electron chi connectivity index (χ1n) is 4.70. The third-order valence-electron chi connectivity index (χ3n) is 1.82. The molecule has 2 atom stereocenters. The third kappa shape index (κ3) is 5.16. The zero-order valence-electron chi connectivity index (χ0n) is 9.10. The fourth-order valence-corrected chi connectivity index (χ4v) is 0.947. The summed E-state index contributed by atoms with van der Waals surface area (Å²) in [5, 5.41) is 10.5. The fraction of sp³-hybridized carbons (Fsp3) is 0.556. The second kappa shape index (κ2) is 6.69. The predicted molar refractivity (Wildman–Crippen MR) is 53.8 cm³/mol. The van der Waals surface area contributed by atoms with Crippen LogP contribution < -0.4 is 11.1 Å². The predicted octanol–water partition coefficient (Wildman–Crippen LogP) is -1.60. The molecular weight excluding hydrogens is 235 g/mol. The van der Waals surface area contributed by atoms with Crippen molar-refractivity contribution in [3.05, 3.63) is 0 Å². The van der Waals surface area contributed by atoms with Crippen LogP contribution in [0.3, 0.4) is 0 Å². The molecule has 0 saturated carbocycles. The minimum absolute atomic E-state index is 0.795. The first-order chi connectivity index (χ1) is 7.79. The summed E-state index contributed by atoms with van der Waals surface area (Å²) in [6, 6.07) is -2.56. The van der Waals surface area contributed by atoms with Crippen LogP contribution in [0.5, 0.6) is 0 Å². The normalized spacial score (nSPS) is 13.6. The van der Waals surface area contributed by atoms with E-state index in [1.54, 1.807) is 0 Å². The maximum atomic E-state index is 12.0. The molecule has 0 aliphatic heterocycles. The molecule has 0 spiro atoms. The van der Waals surface area contributed by atoms with Gasteiger partial charge in [0.2, 0.25) is 17.5 Å². The number of rotatable bonds is 7. The van der Waals surface area contributed by atoms with Crippen molar-refractivity contribution in [2.45, 2.75) is 25.4 Å². The summed E-state index contributed by atoms with van der Waals surface area (Å²) in [6.07, 6.45) is -0.803. The number of nitrogens with one attached hydrogen (secondary N) is 1. The number of hydrogen-bond donors (Lipinski definition) is 3. The molecule has 0 aliphatic rings. The number of alkyl halides is 1. The SMILES string of the molecule is C[C@H](N)C(=O)N[C@@H](CC(=O)O)C(=O)C(=O)CF. The highest BCUT2D eigenvalue weighted by Crippen LogP contribution is 1.97. The molecule has 0 aliphatic carbocycles. The molecule has 8 heteroatoms. The molecule has 0 saturated heterocycles. The van der Waals surface area contributed by atoms with E-state index in [1.165, 1.54) is 6.92 Å². The fourth-order valence-electron chi connectivity index (χ4n) is 0.947. The summed E-state index contributed by atoms with van der Waals surface area (Å²) >= 11 is 0. The Labute approximate surface area is 96.2 Å². The van der Waals surface area contributed by atoms with E-state index in [1.807, 2.05) is 5.32 Å². The van der Waals surface area contributed by atoms with Crippen molar-refractivity contribution in [2.24, 2.45) is 5.73 Å². The van der Waals surface area contributed by atoms with E-state index < -0.39 is 48.6 Å². The zero-order chi connectivity index (χ0) is 13.6. The molecule has 0 heterocycles. The number of aliphatic carboxylic acids is 1. The van der Waals surface area contributed by atoms with E-state index in [0.717, 1.165) is 0 Å². The van der Waals surface area contributed by atoms with Crippen molar-refractivity contribution in [2.75, 3.05) is 6.67 Å². The molecular formula is C9H13FN2O5. The Balaban J connectivity index is 4.76. The van der Waals surface area contributed by atoms with Gasteiger partial charge in [-0.25, -0.2) is 4.39 Å². The van der Waals surface area contributed by atoms with Crippen molar-refractivity contribution < 1.29 is 28.7 Å². The molecule has 0 bridgehead atoms. The van der Waals surface area contributed by atoms with Crippen LogP contribution in [0.25, 0.3) is 0 Å². The maximum absolute atomic E-state index is 12.0. The van der Waals surface area contributed by atoms with Crippen molar-refractivity contribution in [3.8, 4) is 0 Å². The Morgan fingerprint density at radius 2 is 1.88 bits per heavy atom. The lowest BCUT2D eigenvalue weighted by molar-refractivity contribution is -0.143. The summed E-state index contributed by atoms with van der Waals surface area (Å²) in [4.78, 5) is 43.6. The van der Waals surface area contributed by atoms with Crippen LogP contribution in [0.15, 0.2) is 0 Å². The average molecular weight is 248 g/mol. The van der Waals surface area contributed by atoms with Crippen LogP contribution in [-0.2, 0) is 19.2 Å². The van der Waals surface area contributed by atoms with Crippen molar-refractivity contribution in [1.29, 1.82) is 0 Å². The number of halogens is 1. The first kappa shape index (κ1) is 15.2. The number of carboxylic acid groups (broad SMARTS) is 1. The molecule has 4 N–H and O–H groups in total. The number of hydrogen-bond acceptors (Lipinski definition) is 5. The summed E-state index contributed by atoms with van der Waals surface area (Å²) in [5.41, 5.74) is 5.19.